The largest absolute Gasteiger partial charge is 0.454 e. The van der Waals surface area contributed by atoms with E-state index in [1.807, 2.05) is 6.08 Å². The average molecular weight is 1260 g/mol. The molecule has 1 fully saturated rings. The van der Waals surface area contributed by atoms with Crippen molar-refractivity contribution >= 4 is 11.9 Å². The van der Waals surface area contributed by atoms with Crippen LogP contribution in [0.4, 0.5) is 0 Å². The van der Waals surface area contributed by atoms with Crippen LogP contribution in [0.15, 0.2) is 48.6 Å². The van der Waals surface area contributed by atoms with Crippen LogP contribution in [0.2, 0.25) is 0 Å². The molecule has 0 aromatic heterocycles. The number of carbonyl (C=O) groups is 2. The molecule has 0 radical (unpaired) electrons. The van der Waals surface area contributed by atoms with Crippen LogP contribution >= 0.6 is 0 Å². The van der Waals surface area contributed by atoms with Crippen molar-refractivity contribution in [2.45, 2.75) is 423 Å². The van der Waals surface area contributed by atoms with Gasteiger partial charge < -0.3 is 45.1 Å². The molecule has 1 rings (SSSR count). The molecule has 1 saturated heterocycles. The molecule has 1 heterocycles. The van der Waals surface area contributed by atoms with Crippen molar-refractivity contribution in [2.24, 2.45) is 0 Å². The number of hydrogen-bond acceptors (Lipinski definition) is 10. The maximum atomic E-state index is 13.5. The summed E-state index contributed by atoms with van der Waals surface area (Å²) in [6.07, 6.45) is 73.0. The van der Waals surface area contributed by atoms with E-state index in [1.165, 1.54) is 257 Å². The van der Waals surface area contributed by atoms with Crippen LogP contribution in [0.1, 0.15) is 374 Å². The fourth-order valence-electron chi connectivity index (χ4n) is 12.2. The third kappa shape index (κ3) is 52.7. The monoisotopic (exact) mass is 1260 g/mol. The lowest BCUT2D eigenvalue weighted by Gasteiger charge is -2.41. The minimum absolute atomic E-state index is 0.127. The molecule has 8 atom stereocenters. The van der Waals surface area contributed by atoms with Gasteiger partial charge in [0.15, 0.2) is 12.4 Å². The number of aliphatic hydroxyl groups is 5. The topological polar surface area (TPSA) is 175 Å². The highest BCUT2D eigenvalue weighted by molar-refractivity contribution is 5.80. The Morgan fingerprint density at radius 1 is 0.438 bits per heavy atom. The van der Waals surface area contributed by atoms with Gasteiger partial charge in [0.05, 0.1) is 25.4 Å². The quantitative estimate of drug-likeness (QED) is 0.0195. The molecule has 1 aliphatic rings. The van der Waals surface area contributed by atoms with Gasteiger partial charge in [-0.3, -0.25) is 9.59 Å². The highest BCUT2D eigenvalue weighted by Gasteiger charge is 2.47. The third-order valence-electron chi connectivity index (χ3n) is 18.2. The number of rotatable bonds is 67. The Morgan fingerprint density at radius 2 is 0.775 bits per heavy atom. The molecular formula is C78H145NO10. The van der Waals surface area contributed by atoms with E-state index in [0.29, 0.717) is 19.3 Å². The van der Waals surface area contributed by atoms with E-state index in [-0.39, 0.29) is 13.0 Å². The number of unbranched alkanes of at least 4 members (excludes halogenated alkanes) is 47. The van der Waals surface area contributed by atoms with E-state index in [9.17, 15) is 35.1 Å². The summed E-state index contributed by atoms with van der Waals surface area (Å²) in [6, 6.07) is -1.02. The molecule has 89 heavy (non-hydrogen) atoms. The summed E-state index contributed by atoms with van der Waals surface area (Å²) in [6.45, 7) is 5.82. The van der Waals surface area contributed by atoms with Crippen LogP contribution in [0.5, 0.6) is 0 Å². The second kappa shape index (κ2) is 65.7. The predicted octanol–water partition coefficient (Wildman–Crippen LogP) is 20.3. The number of nitrogens with one attached hydrogen (secondary N) is 1. The van der Waals surface area contributed by atoms with Crippen molar-refractivity contribution in [3.05, 3.63) is 48.6 Å². The molecule has 11 heteroatoms. The van der Waals surface area contributed by atoms with Crippen LogP contribution < -0.4 is 5.32 Å². The molecule has 6 N–H and O–H groups in total. The molecule has 0 aromatic rings. The number of carbonyl (C=O) groups excluding carboxylic acids is 2. The van der Waals surface area contributed by atoms with Crippen LogP contribution in [-0.4, -0.2) is 99.6 Å². The fraction of sp³-hybridized carbons (Fsp3) is 0.872. The molecule has 1 aliphatic heterocycles. The molecule has 0 aromatic carbocycles. The Hall–Kier alpha value is -2.38. The van der Waals surface area contributed by atoms with Crippen molar-refractivity contribution in [2.75, 3.05) is 13.2 Å². The number of aliphatic hydroxyl groups excluding tert-OH is 5. The van der Waals surface area contributed by atoms with E-state index < -0.39 is 67.4 Å². The highest BCUT2D eigenvalue weighted by Crippen LogP contribution is 2.27. The van der Waals surface area contributed by atoms with Gasteiger partial charge in [-0.2, -0.15) is 0 Å². The van der Waals surface area contributed by atoms with Gasteiger partial charge in [0, 0.05) is 6.42 Å². The zero-order valence-electron chi connectivity index (χ0n) is 58.3. The Bertz CT molecular complexity index is 1640. The maximum Gasteiger partial charge on any atom is 0.306 e. The zero-order valence-corrected chi connectivity index (χ0v) is 58.3. The lowest BCUT2D eigenvalue weighted by atomic mass is 9.99. The molecule has 11 nitrogen and oxygen atoms in total. The number of allylic oxidation sites excluding steroid dienone is 7. The SMILES string of the molecule is CCCCC/C=C\C/C=C\CCCCCCCCCCCCC(O)C(=O)NC(COC1OC(CO)C(O)C(O)C1OC(=O)CCCCCCCCCCCCCCCCCCC/C=C/CCCCCCCC)C(O)/C=C/CCCCCCCCCCCCC. The Labute approximate surface area is 548 Å². The zero-order chi connectivity index (χ0) is 64.6. The van der Waals surface area contributed by atoms with Crippen LogP contribution in [0, 0.1) is 0 Å². The number of ether oxygens (including phenoxy) is 3. The van der Waals surface area contributed by atoms with Crippen LogP contribution in [0.25, 0.3) is 0 Å². The minimum atomic E-state index is -1.61. The Balaban J connectivity index is 2.52. The lowest BCUT2D eigenvalue weighted by molar-refractivity contribution is -0.305. The number of amides is 1. The summed E-state index contributed by atoms with van der Waals surface area (Å²) < 4.78 is 17.7. The van der Waals surface area contributed by atoms with Gasteiger partial charge in [-0.25, -0.2) is 0 Å². The van der Waals surface area contributed by atoms with Gasteiger partial charge in [0.25, 0.3) is 0 Å². The van der Waals surface area contributed by atoms with Gasteiger partial charge in [-0.15, -0.1) is 0 Å². The van der Waals surface area contributed by atoms with Gasteiger partial charge in [-0.1, -0.05) is 333 Å². The van der Waals surface area contributed by atoms with Gasteiger partial charge in [0.2, 0.25) is 5.91 Å². The third-order valence-corrected chi connectivity index (χ3v) is 18.2. The van der Waals surface area contributed by atoms with Crippen molar-refractivity contribution in [3.8, 4) is 0 Å². The molecule has 8 unspecified atom stereocenters. The van der Waals surface area contributed by atoms with Crippen molar-refractivity contribution in [3.63, 3.8) is 0 Å². The molecule has 0 saturated carbocycles. The van der Waals surface area contributed by atoms with E-state index >= 15 is 0 Å². The van der Waals surface area contributed by atoms with Crippen molar-refractivity contribution in [1.29, 1.82) is 0 Å². The summed E-state index contributed by atoms with van der Waals surface area (Å²) in [4.78, 5) is 26.7. The first kappa shape index (κ1) is 84.6. The van der Waals surface area contributed by atoms with E-state index in [0.717, 1.165) is 70.6 Å². The maximum absolute atomic E-state index is 13.5. The lowest BCUT2D eigenvalue weighted by Crippen LogP contribution is -2.61. The minimum Gasteiger partial charge on any atom is -0.454 e. The predicted molar refractivity (Wildman–Crippen MR) is 375 cm³/mol. The smallest absolute Gasteiger partial charge is 0.306 e. The normalized spacial score (nSPS) is 18.3. The fourth-order valence-corrected chi connectivity index (χ4v) is 12.2. The van der Waals surface area contributed by atoms with E-state index in [4.69, 9.17) is 14.2 Å². The molecule has 0 aliphatic carbocycles. The summed E-state index contributed by atoms with van der Waals surface area (Å²) >= 11 is 0. The summed E-state index contributed by atoms with van der Waals surface area (Å²) in [5.74, 6) is -1.18. The standard InChI is InChI=1S/C78H145NO10/c1-4-7-10-13-16-19-22-25-27-29-31-33-34-35-36-37-38-39-41-43-45-48-51-54-57-60-63-66-73(83)89-76-75(85)74(84)72(67-80)88-78(76)87-68-69(70(81)64-61-58-55-52-49-46-24-21-18-15-12-9-6-3)79-77(86)71(82)65-62-59-56-53-50-47-44-42-40-32-30-28-26-23-20-17-14-11-8-5-2/h17,20,25-28,61,64,69-72,74-76,78,80-82,84-85H,4-16,18-19,21-24,29-60,62-63,65-68H2,1-3H3,(H,79,86)/b20-17-,27-25+,28-26-,64-61+. The number of esters is 1. The Kier molecular flexibility index (Phi) is 62.4. The summed E-state index contributed by atoms with van der Waals surface area (Å²) in [7, 11) is 0. The van der Waals surface area contributed by atoms with Crippen LogP contribution in [0.3, 0.4) is 0 Å². The van der Waals surface area contributed by atoms with Crippen molar-refractivity contribution in [1.82, 2.24) is 5.32 Å². The number of hydrogen-bond donors (Lipinski definition) is 6. The molecular weight excluding hydrogens is 1110 g/mol. The van der Waals surface area contributed by atoms with Gasteiger partial charge >= 0.3 is 5.97 Å². The van der Waals surface area contributed by atoms with Crippen LogP contribution in [-0.2, 0) is 23.8 Å². The van der Waals surface area contributed by atoms with Gasteiger partial charge in [-0.05, 0) is 83.5 Å². The first-order valence-corrected chi connectivity index (χ1v) is 38.4. The molecule has 0 bridgehead atoms. The average Bonchev–Trinajstić information content (AvgIpc) is 3.14. The Morgan fingerprint density at radius 3 is 1.18 bits per heavy atom. The second-order valence-electron chi connectivity index (χ2n) is 26.7. The molecule has 1 amide bonds. The second-order valence-corrected chi connectivity index (χ2v) is 26.7. The highest BCUT2D eigenvalue weighted by atomic mass is 16.7. The molecule has 522 valence electrons. The van der Waals surface area contributed by atoms with E-state index in [2.05, 4.69) is 62.5 Å². The molecule has 0 spiro atoms. The summed E-state index contributed by atoms with van der Waals surface area (Å²) in [5.41, 5.74) is 0. The summed E-state index contributed by atoms with van der Waals surface area (Å²) in [5, 5.41) is 57.4. The first-order valence-electron chi connectivity index (χ1n) is 38.4. The van der Waals surface area contributed by atoms with E-state index in [1.54, 1.807) is 6.08 Å². The first-order chi connectivity index (χ1) is 43.7. The van der Waals surface area contributed by atoms with Gasteiger partial charge in [0.1, 0.15) is 24.4 Å². The van der Waals surface area contributed by atoms with Crippen molar-refractivity contribution < 1.29 is 49.3 Å².